The molecule has 1 aliphatic rings. The lowest BCUT2D eigenvalue weighted by Gasteiger charge is -2.17. The summed E-state index contributed by atoms with van der Waals surface area (Å²) in [5.74, 6) is -0.00922. The lowest BCUT2D eigenvalue weighted by Crippen LogP contribution is -2.37. The number of nitrogens with one attached hydrogen (secondary N) is 3. The fourth-order valence-electron chi connectivity index (χ4n) is 1.04. The molecule has 1 rings (SSSR count). The number of hydrogen-bond donors (Lipinski definition) is 3. The van der Waals surface area contributed by atoms with E-state index in [-0.39, 0.29) is 12.1 Å². The van der Waals surface area contributed by atoms with E-state index in [0.29, 0.717) is 6.54 Å². The molecule has 1 aliphatic heterocycles. The monoisotopic (exact) mass is 181 g/mol. The second kappa shape index (κ2) is 4.67. The fourth-order valence-corrected chi connectivity index (χ4v) is 1.04. The molecule has 1 atom stereocenters. The van der Waals surface area contributed by atoms with Crippen molar-refractivity contribution in [3.63, 3.8) is 0 Å². The molecule has 1 unspecified atom stereocenters. The summed E-state index contributed by atoms with van der Waals surface area (Å²) in [5.41, 5.74) is 1.07. The minimum absolute atomic E-state index is 0.00922. The Kier molecular flexibility index (Phi) is 3.52. The summed E-state index contributed by atoms with van der Waals surface area (Å²) >= 11 is 0. The van der Waals surface area contributed by atoms with Crippen molar-refractivity contribution in [3.05, 3.63) is 23.9 Å². The lowest BCUT2D eigenvalue weighted by molar-refractivity contribution is -0.118. The van der Waals surface area contributed by atoms with Crippen LogP contribution in [0.25, 0.3) is 0 Å². The Hall–Kier alpha value is -1.29. The highest BCUT2D eigenvalue weighted by molar-refractivity contribution is 5.73. The molecule has 0 saturated carbocycles. The Balaban J connectivity index is 2.34. The van der Waals surface area contributed by atoms with Gasteiger partial charge in [0.15, 0.2) is 0 Å². The standard InChI is InChI=1S/C9H15N3O/c1-7(13)11-5-8-3-4-9(10-2)12-6-8/h3-4,6,9-10,12H,5H2,1-2H3,(H,11,13). The summed E-state index contributed by atoms with van der Waals surface area (Å²) in [7, 11) is 1.88. The van der Waals surface area contributed by atoms with E-state index in [1.54, 1.807) is 0 Å². The van der Waals surface area contributed by atoms with Gasteiger partial charge in [-0.25, -0.2) is 0 Å². The summed E-state index contributed by atoms with van der Waals surface area (Å²) in [5, 5.41) is 8.92. The first kappa shape index (κ1) is 9.80. The van der Waals surface area contributed by atoms with Crippen LogP contribution in [0.4, 0.5) is 0 Å². The lowest BCUT2D eigenvalue weighted by atomic mass is 10.2. The van der Waals surface area contributed by atoms with Gasteiger partial charge in [0.1, 0.15) is 0 Å². The highest BCUT2D eigenvalue weighted by Gasteiger charge is 2.04. The molecule has 0 aromatic rings. The van der Waals surface area contributed by atoms with Crippen molar-refractivity contribution in [1.82, 2.24) is 16.0 Å². The van der Waals surface area contributed by atoms with E-state index in [1.165, 1.54) is 6.92 Å². The van der Waals surface area contributed by atoms with Crippen LogP contribution in [0, 0.1) is 0 Å². The minimum Gasteiger partial charge on any atom is -0.372 e. The van der Waals surface area contributed by atoms with Crippen molar-refractivity contribution in [2.75, 3.05) is 13.6 Å². The highest BCUT2D eigenvalue weighted by atomic mass is 16.1. The second-order valence-corrected chi connectivity index (χ2v) is 2.92. The van der Waals surface area contributed by atoms with Crippen molar-refractivity contribution in [3.8, 4) is 0 Å². The van der Waals surface area contributed by atoms with E-state index in [2.05, 4.69) is 16.0 Å². The van der Waals surface area contributed by atoms with Crippen molar-refractivity contribution < 1.29 is 4.79 Å². The van der Waals surface area contributed by atoms with Gasteiger partial charge in [0.2, 0.25) is 5.91 Å². The van der Waals surface area contributed by atoms with Gasteiger partial charge in [-0.15, -0.1) is 0 Å². The first-order valence-electron chi connectivity index (χ1n) is 4.27. The predicted octanol–water partition coefficient (Wildman–Crippen LogP) is -0.289. The van der Waals surface area contributed by atoms with E-state index in [9.17, 15) is 4.79 Å². The molecular weight excluding hydrogens is 166 g/mol. The van der Waals surface area contributed by atoms with Gasteiger partial charge >= 0.3 is 0 Å². The average Bonchev–Trinajstić information content (AvgIpc) is 2.15. The van der Waals surface area contributed by atoms with Gasteiger partial charge in [-0.1, -0.05) is 6.08 Å². The van der Waals surface area contributed by atoms with Crippen molar-refractivity contribution in [2.24, 2.45) is 0 Å². The Morgan fingerprint density at radius 3 is 2.92 bits per heavy atom. The Bertz CT molecular complexity index is 245. The molecule has 0 saturated heterocycles. The van der Waals surface area contributed by atoms with Crippen LogP contribution in [0.5, 0.6) is 0 Å². The van der Waals surface area contributed by atoms with Crippen molar-refractivity contribution >= 4 is 5.91 Å². The topological polar surface area (TPSA) is 53.2 Å². The molecule has 4 nitrogen and oxygen atoms in total. The van der Waals surface area contributed by atoms with E-state index in [0.717, 1.165) is 5.57 Å². The van der Waals surface area contributed by atoms with Crippen molar-refractivity contribution in [1.29, 1.82) is 0 Å². The van der Waals surface area contributed by atoms with Gasteiger partial charge < -0.3 is 10.6 Å². The maximum atomic E-state index is 10.6. The van der Waals surface area contributed by atoms with E-state index in [4.69, 9.17) is 0 Å². The molecule has 0 aromatic carbocycles. The van der Waals surface area contributed by atoms with Crippen LogP contribution in [0.15, 0.2) is 23.9 Å². The average molecular weight is 181 g/mol. The number of carbonyl (C=O) groups excluding carboxylic acids is 1. The zero-order chi connectivity index (χ0) is 9.68. The quantitative estimate of drug-likeness (QED) is 0.561. The largest absolute Gasteiger partial charge is 0.372 e. The van der Waals surface area contributed by atoms with Crippen LogP contribution in [-0.2, 0) is 4.79 Å². The molecule has 0 aromatic heterocycles. The summed E-state index contributed by atoms with van der Waals surface area (Å²) in [4.78, 5) is 10.6. The van der Waals surface area contributed by atoms with E-state index >= 15 is 0 Å². The third-order valence-corrected chi connectivity index (χ3v) is 1.80. The van der Waals surface area contributed by atoms with E-state index < -0.39 is 0 Å². The number of carbonyl (C=O) groups is 1. The zero-order valence-corrected chi connectivity index (χ0v) is 7.92. The summed E-state index contributed by atoms with van der Waals surface area (Å²) < 4.78 is 0. The molecule has 1 amide bonds. The maximum Gasteiger partial charge on any atom is 0.217 e. The van der Waals surface area contributed by atoms with Gasteiger partial charge in [-0.3, -0.25) is 10.1 Å². The molecule has 0 radical (unpaired) electrons. The van der Waals surface area contributed by atoms with Gasteiger partial charge in [-0.05, 0) is 18.7 Å². The van der Waals surface area contributed by atoms with Crippen molar-refractivity contribution in [2.45, 2.75) is 13.1 Å². The summed E-state index contributed by atoms with van der Waals surface area (Å²) in [6.45, 7) is 2.09. The molecule has 0 aliphatic carbocycles. The van der Waals surface area contributed by atoms with Gasteiger partial charge in [-0.2, -0.15) is 0 Å². The fraction of sp³-hybridized carbons (Fsp3) is 0.444. The first-order chi connectivity index (χ1) is 6.22. The van der Waals surface area contributed by atoms with Crippen LogP contribution >= 0.6 is 0 Å². The molecule has 0 bridgehead atoms. The van der Waals surface area contributed by atoms with Gasteiger partial charge in [0.05, 0.1) is 6.17 Å². The van der Waals surface area contributed by atoms with E-state index in [1.807, 2.05) is 25.4 Å². The summed E-state index contributed by atoms with van der Waals surface area (Å²) in [6, 6.07) is 0. The molecular formula is C9H15N3O. The molecule has 72 valence electrons. The number of amides is 1. The van der Waals surface area contributed by atoms with Crippen LogP contribution < -0.4 is 16.0 Å². The molecule has 4 heteroatoms. The smallest absolute Gasteiger partial charge is 0.217 e. The Labute approximate surface area is 78.1 Å². The van der Waals surface area contributed by atoms with Crippen LogP contribution in [-0.4, -0.2) is 25.7 Å². The number of rotatable bonds is 3. The first-order valence-corrected chi connectivity index (χ1v) is 4.27. The molecule has 1 heterocycles. The zero-order valence-electron chi connectivity index (χ0n) is 7.92. The molecule has 0 spiro atoms. The van der Waals surface area contributed by atoms with Crippen LogP contribution in [0.1, 0.15) is 6.92 Å². The Morgan fingerprint density at radius 2 is 2.46 bits per heavy atom. The molecule has 3 N–H and O–H groups in total. The predicted molar refractivity (Wildman–Crippen MR) is 51.9 cm³/mol. The minimum atomic E-state index is -0.00922. The third kappa shape index (κ3) is 3.29. The maximum absolute atomic E-state index is 10.6. The normalized spacial score (nSPS) is 20.5. The van der Waals surface area contributed by atoms with Gasteiger partial charge in [0.25, 0.3) is 0 Å². The van der Waals surface area contributed by atoms with Gasteiger partial charge in [0, 0.05) is 19.7 Å². The van der Waals surface area contributed by atoms with Crippen LogP contribution in [0.2, 0.25) is 0 Å². The number of hydrogen-bond acceptors (Lipinski definition) is 3. The Morgan fingerprint density at radius 1 is 1.69 bits per heavy atom. The van der Waals surface area contributed by atoms with Crippen LogP contribution in [0.3, 0.4) is 0 Å². The third-order valence-electron chi connectivity index (χ3n) is 1.80. The number of likely N-dealkylation sites (N-methyl/N-ethyl adjacent to an activating group) is 1. The molecule has 13 heavy (non-hydrogen) atoms. The molecule has 0 fully saturated rings. The second-order valence-electron chi connectivity index (χ2n) is 2.92. The SMILES string of the molecule is CNC1C=CC(CNC(C)=O)=CN1. The number of dihydropyridines is 1. The highest BCUT2D eigenvalue weighted by Crippen LogP contribution is 2.00. The summed E-state index contributed by atoms with van der Waals surface area (Å²) in [6.07, 6.45) is 6.10.